The van der Waals surface area contributed by atoms with Crippen molar-refractivity contribution in [2.24, 2.45) is 7.05 Å². The van der Waals surface area contributed by atoms with Gasteiger partial charge in [0.05, 0.1) is 6.61 Å². The summed E-state index contributed by atoms with van der Waals surface area (Å²) in [6.45, 7) is 2.10. The van der Waals surface area contributed by atoms with Crippen molar-refractivity contribution in [3.05, 3.63) is 24.2 Å². The fraction of sp³-hybridized carbons (Fsp3) is 0.300. The number of rotatable bonds is 3. The number of hydrogen-bond acceptors (Lipinski definition) is 4. The van der Waals surface area contributed by atoms with Crippen LogP contribution in [0.25, 0.3) is 11.5 Å². The molecule has 0 radical (unpaired) electrons. The molecule has 0 fully saturated rings. The van der Waals surface area contributed by atoms with E-state index in [-0.39, 0.29) is 0 Å². The summed E-state index contributed by atoms with van der Waals surface area (Å²) in [6.07, 6.45) is 3.49. The molecule has 84 valence electrons. The van der Waals surface area contributed by atoms with Crippen LogP contribution in [0.5, 0.6) is 0 Å². The third-order valence-electron chi connectivity index (χ3n) is 2.12. The van der Waals surface area contributed by atoms with Gasteiger partial charge in [-0.05, 0) is 6.92 Å². The number of ether oxygens (including phenoxy) is 1. The molecule has 0 aromatic carbocycles. The van der Waals surface area contributed by atoms with Crippen molar-refractivity contribution in [3.8, 4) is 11.5 Å². The Morgan fingerprint density at radius 1 is 1.62 bits per heavy atom. The first kappa shape index (κ1) is 10.4. The molecule has 0 aliphatic carbocycles. The first-order chi connectivity index (χ1) is 7.72. The van der Waals surface area contributed by atoms with Gasteiger partial charge in [0.25, 0.3) is 0 Å². The van der Waals surface area contributed by atoms with Crippen molar-refractivity contribution in [2.45, 2.75) is 6.92 Å². The third-order valence-corrected chi connectivity index (χ3v) is 2.12. The molecule has 16 heavy (non-hydrogen) atoms. The summed E-state index contributed by atoms with van der Waals surface area (Å²) < 4.78 is 6.68. The molecular weight excluding hydrogens is 208 g/mol. The highest BCUT2D eigenvalue weighted by Gasteiger charge is 2.13. The van der Waals surface area contributed by atoms with Crippen LogP contribution in [0.2, 0.25) is 0 Å². The molecular formula is C10H12N4O2. The van der Waals surface area contributed by atoms with E-state index < -0.39 is 5.97 Å². The number of imidazole rings is 1. The summed E-state index contributed by atoms with van der Waals surface area (Å²) in [5.41, 5.74) is 0.954. The van der Waals surface area contributed by atoms with Crippen molar-refractivity contribution in [1.29, 1.82) is 0 Å². The highest BCUT2D eigenvalue weighted by Crippen LogP contribution is 2.14. The maximum atomic E-state index is 11.4. The van der Waals surface area contributed by atoms with E-state index in [1.807, 2.05) is 17.8 Å². The topological polar surface area (TPSA) is 72.8 Å². The van der Waals surface area contributed by atoms with Crippen LogP contribution in [0.4, 0.5) is 0 Å². The van der Waals surface area contributed by atoms with Gasteiger partial charge >= 0.3 is 5.97 Å². The van der Waals surface area contributed by atoms with E-state index in [1.165, 1.54) is 0 Å². The number of esters is 1. The highest BCUT2D eigenvalue weighted by atomic mass is 16.5. The lowest BCUT2D eigenvalue weighted by molar-refractivity contribution is 0.0519. The lowest BCUT2D eigenvalue weighted by Gasteiger charge is -1.96. The van der Waals surface area contributed by atoms with E-state index in [0.717, 1.165) is 0 Å². The van der Waals surface area contributed by atoms with Gasteiger partial charge in [-0.3, -0.25) is 5.10 Å². The molecule has 0 unspecified atom stereocenters. The van der Waals surface area contributed by atoms with E-state index in [9.17, 15) is 4.79 Å². The number of aromatic nitrogens is 4. The van der Waals surface area contributed by atoms with Gasteiger partial charge in [0.1, 0.15) is 11.4 Å². The first-order valence-electron chi connectivity index (χ1n) is 4.92. The Labute approximate surface area is 92.3 Å². The maximum Gasteiger partial charge on any atom is 0.356 e. The second-order valence-electron chi connectivity index (χ2n) is 3.25. The van der Waals surface area contributed by atoms with Gasteiger partial charge in [-0.25, -0.2) is 9.78 Å². The van der Waals surface area contributed by atoms with Crippen LogP contribution < -0.4 is 0 Å². The average Bonchev–Trinajstić information content (AvgIpc) is 2.86. The van der Waals surface area contributed by atoms with E-state index in [2.05, 4.69) is 15.2 Å². The molecule has 6 heteroatoms. The van der Waals surface area contributed by atoms with Crippen molar-refractivity contribution >= 4 is 5.97 Å². The van der Waals surface area contributed by atoms with Crippen LogP contribution in [0, 0.1) is 0 Å². The Morgan fingerprint density at radius 2 is 2.44 bits per heavy atom. The Morgan fingerprint density at radius 3 is 3.06 bits per heavy atom. The lowest BCUT2D eigenvalue weighted by atomic mass is 10.3. The molecule has 0 atom stereocenters. The van der Waals surface area contributed by atoms with E-state index >= 15 is 0 Å². The number of H-pyrrole nitrogens is 1. The molecule has 0 amide bonds. The zero-order valence-corrected chi connectivity index (χ0v) is 9.10. The highest BCUT2D eigenvalue weighted by molar-refractivity contribution is 5.88. The molecule has 0 spiro atoms. The fourth-order valence-corrected chi connectivity index (χ4v) is 1.36. The maximum absolute atomic E-state index is 11.4. The third kappa shape index (κ3) is 1.81. The predicted molar refractivity (Wildman–Crippen MR) is 56.7 cm³/mol. The summed E-state index contributed by atoms with van der Waals surface area (Å²) in [5, 5.41) is 6.64. The number of carbonyl (C=O) groups is 1. The number of hydrogen-bond donors (Lipinski definition) is 1. The Bertz CT molecular complexity index is 500. The second-order valence-corrected chi connectivity index (χ2v) is 3.25. The standard InChI is InChI=1S/C10H12N4O2/c1-3-16-10(15)8-6-7(12-13-8)9-11-4-5-14(9)2/h4-6H,3H2,1-2H3,(H,12,13). The zero-order valence-electron chi connectivity index (χ0n) is 9.10. The van der Waals surface area contributed by atoms with Crippen molar-refractivity contribution < 1.29 is 9.53 Å². The van der Waals surface area contributed by atoms with Crippen LogP contribution in [0.1, 0.15) is 17.4 Å². The molecule has 0 saturated carbocycles. The minimum atomic E-state index is -0.407. The van der Waals surface area contributed by atoms with Crippen LogP contribution in [0.3, 0.4) is 0 Å². The van der Waals surface area contributed by atoms with Crippen LogP contribution in [-0.4, -0.2) is 32.3 Å². The van der Waals surface area contributed by atoms with Crippen molar-refractivity contribution in [2.75, 3.05) is 6.61 Å². The summed E-state index contributed by atoms with van der Waals surface area (Å²) in [4.78, 5) is 15.5. The normalized spacial score (nSPS) is 10.4. The molecule has 1 N–H and O–H groups in total. The van der Waals surface area contributed by atoms with Gasteiger partial charge in [-0.15, -0.1) is 0 Å². The van der Waals surface area contributed by atoms with Gasteiger partial charge in [-0.2, -0.15) is 5.10 Å². The summed E-state index contributed by atoms with van der Waals surface area (Å²) in [5.74, 6) is 0.294. The molecule has 2 rings (SSSR count). The van der Waals surface area contributed by atoms with Crippen molar-refractivity contribution in [3.63, 3.8) is 0 Å². The van der Waals surface area contributed by atoms with Crippen LogP contribution in [-0.2, 0) is 11.8 Å². The van der Waals surface area contributed by atoms with Gasteiger partial charge in [0, 0.05) is 25.5 Å². The van der Waals surface area contributed by atoms with Crippen LogP contribution in [0.15, 0.2) is 18.5 Å². The zero-order chi connectivity index (χ0) is 11.5. The number of aryl methyl sites for hydroxylation is 1. The van der Waals surface area contributed by atoms with Crippen molar-refractivity contribution in [1.82, 2.24) is 19.7 Å². The van der Waals surface area contributed by atoms with E-state index in [1.54, 1.807) is 19.2 Å². The van der Waals surface area contributed by atoms with Gasteiger partial charge in [-0.1, -0.05) is 0 Å². The quantitative estimate of drug-likeness (QED) is 0.783. The summed E-state index contributed by atoms with van der Waals surface area (Å²) in [7, 11) is 1.86. The molecule has 2 aromatic rings. The molecule has 6 nitrogen and oxygen atoms in total. The van der Waals surface area contributed by atoms with E-state index in [0.29, 0.717) is 23.8 Å². The molecule has 0 aliphatic rings. The first-order valence-corrected chi connectivity index (χ1v) is 4.92. The second kappa shape index (κ2) is 4.18. The molecule has 2 aromatic heterocycles. The van der Waals surface area contributed by atoms with Crippen LogP contribution >= 0.6 is 0 Å². The predicted octanol–water partition coefficient (Wildman–Crippen LogP) is 0.987. The Balaban J connectivity index is 2.26. The number of aromatic amines is 1. The van der Waals surface area contributed by atoms with Gasteiger partial charge in [0.15, 0.2) is 5.82 Å². The molecule has 0 bridgehead atoms. The minimum Gasteiger partial charge on any atom is -0.461 e. The Kier molecular flexibility index (Phi) is 2.72. The van der Waals surface area contributed by atoms with E-state index in [4.69, 9.17) is 4.74 Å². The number of nitrogens with zero attached hydrogens (tertiary/aromatic N) is 3. The molecule has 0 saturated heterocycles. The number of nitrogens with one attached hydrogen (secondary N) is 1. The van der Waals surface area contributed by atoms with Gasteiger partial charge in [0.2, 0.25) is 0 Å². The molecule has 2 heterocycles. The van der Waals surface area contributed by atoms with Gasteiger partial charge < -0.3 is 9.30 Å². The monoisotopic (exact) mass is 220 g/mol. The summed E-state index contributed by atoms with van der Waals surface area (Å²) >= 11 is 0. The summed E-state index contributed by atoms with van der Waals surface area (Å²) in [6, 6.07) is 1.63. The largest absolute Gasteiger partial charge is 0.461 e. The fourth-order valence-electron chi connectivity index (χ4n) is 1.36. The Hall–Kier alpha value is -2.11. The number of carbonyl (C=O) groups excluding carboxylic acids is 1. The average molecular weight is 220 g/mol. The SMILES string of the molecule is CCOC(=O)c1cc(-c2nccn2C)n[nH]1. The minimum absolute atomic E-state index is 0.333. The lowest BCUT2D eigenvalue weighted by Crippen LogP contribution is -2.04. The molecule has 0 aliphatic heterocycles. The smallest absolute Gasteiger partial charge is 0.356 e.